The van der Waals surface area contributed by atoms with Crippen molar-refractivity contribution in [1.82, 2.24) is 9.80 Å². The number of furan rings is 1. The molecule has 1 atom stereocenters. The summed E-state index contributed by atoms with van der Waals surface area (Å²) < 4.78 is 5.38. The highest BCUT2D eigenvalue weighted by molar-refractivity contribution is 6.28. The summed E-state index contributed by atoms with van der Waals surface area (Å²) in [6.45, 7) is 4.42. The number of hydrogen-bond donors (Lipinski definition) is 0. The first-order valence-electron chi connectivity index (χ1n) is 6.25. The fourth-order valence-electron chi connectivity index (χ4n) is 2.63. The Labute approximate surface area is 108 Å². The lowest BCUT2D eigenvalue weighted by molar-refractivity contribution is 0.159. The van der Waals surface area contributed by atoms with Gasteiger partial charge in [-0.1, -0.05) is 0 Å². The van der Waals surface area contributed by atoms with Crippen molar-refractivity contribution < 1.29 is 4.42 Å². The summed E-state index contributed by atoms with van der Waals surface area (Å²) >= 11 is 5.76. The largest absolute Gasteiger partial charge is 0.448 e. The molecule has 1 saturated heterocycles. The Hall–Kier alpha value is -0.510. The van der Waals surface area contributed by atoms with Crippen molar-refractivity contribution in [1.29, 1.82) is 0 Å². The van der Waals surface area contributed by atoms with E-state index in [1.54, 1.807) is 6.07 Å². The van der Waals surface area contributed by atoms with Crippen molar-refractivity contribution in [3.63, 3.8) is 0 Å². The van der Waals surface area contributed by atoms with Crippen LogP contribution in [-0.2, 0) is 6.54 Å². The molecule has 0 radical (unpaired) electrons. The van der Waals surface area contributed by atoms with Crippen molar-refractivity contribution in [2.75, 3.05) is 33.7 Å². The molecule has 0 bridgehead atoms. The first-order chi connectivity index (χ1) is 8.13. The minimum absolute atomic E-state index is 0.478. The van der Waals surface area contributed by atoms with Crippen LogP contribution in [0.5, 0.6) is 0 Å². The minimum Gasteiger partial charge on any atom is -0.448 e. The molecule has 3 nitrogen and oxygen atoms in total. The third kappa shape index (κ3) is 4.02. The van der Waals surface area contributed by atoms with E-state index in [4.69, 9.17) is 16.0 Å². The van der Waals surface area contributed by atoms with Gasteiger partial charge in [0.1, 0.15) is 5.76 Å². The molecule has 0 unspecified atom stereocenters. The monoisotopic (exact) mass is 256 g/mol. The second-order valence-electron chi connectivity index (χ2n) is 5.17. The van der Waals surface area contributed by atoms with Crippen LogP contribution < -0.4 is 0 Å². The predicted molar refractivity (Wildman–Crippen MR) is 70.3 cm³/mol. The summed E-state index contributed by atoms with van der Waals surface area (Å²) in [7, 11) is 4.35. The van der Waals surface area contributed by atoms with Gasteiger partial charge in [-0.2, -0.15) is 0 Å². The Bertz CT molecular complexity index is 353. The Balaban J connectivity index is 1.78. The molecular formula is C13H21ClN2O. The maximum atomic E-state index is 5.76. The highest BCUT2D eigenvalue weighted by Gasteiger charge is 2.18. The van der Waals surface area contributed by atoms with E-state index in [1.165, 1.54) is 25.9 Å². The van der Waals surface area contributed by atoms with Gasteiger partial charge in [0.05, 0.1) is 6.54 Å². The van der Waals surface area contributed by atoms with Gasteiger partial charge < -0.3 is 9.32 Å². The smallest absolute Gasteiger partial charge is 0.193 e. The zero-order chi connectivity index (χ0) is 12.3. The van der Waals surface area contributed by atoms with E-state index in [2.05, 4.69) is 23.9 Å². The minimum atomic E-state index is 0.478. The zero-order valence-electron chi connectivity index (χ0n) is 10.7. The molecule has 2 rings (SSSR count). The zero-order valence-corrected chi connectivity index (χ0v) is 11.4. The second-order valence-corrected chi connectivity index (χ2v) is 5.55. The molecule has 0 N–H and O–H groups in total. The maximum Gasteiger partial charge on any atom is 0.193 e. The van der Waals surface area contributed by atoms with Crippen molar-refractivity contribution in [3.8, 4) is 0 Å². The van der Waals surface area contributed by atoms with Gasteiger partial charge in [-0.05, 0) is 63.1 Å². The second kappa shape index (κ2) is 5.89. The number of nitrogens with zero attached hydrogens (tertiary/aromatic N) is 2. The average molecular weight is 257 g/mol. The topological polar surface area (TPSA) is 19.6 Å². The Kier molecular flexibility index (Phi) is 4.48. The quantitative estimate of drug-likeness (QED) is 0.826. The molecule has 1 aliphatic rings. The van der Waals surface area contributed by atoms with Gasteiger partial charge in [0.15, 0.2) is 5.22 Å². The highest BCUT2D eigenvalue weighted by atomic mass is 35.5. The van der Waals surface area contributed by atoms with Gasteiger partial charge in [-0.3, -0.25) is 4.90 Å². The number of piperidine rings is 1. The molecule has 2 heterocycles. The van der Waals surface area contributed by atoms with Crippen LogP contribution in [0.4, 0.5) is 0 Å². The van der Waals surface area contributed by atoms with Gasteiger partial charge >= 0.3 is 0 Å². The van der Waals surface area contributed by atoms with Crippen LogP contribution in [0, 0.1) is 5.92 Å². The number of likely N-dealkylation sites (tertiary alicyclic amines) is 1. The molecule has 0 aromatic carbocycles. The third-order valence-electron chi connectivity index (χ3n) is 3.35. The van der Waals surface area contributed by atoms with Crippen molar-refractivity contribution in [2.45, 2.75) is 19.4 Å². The predicted octanol–water partition coefficient (Wildman–Crippen LogP) is 2.71. The van der Waals surface area contributed by atoms with Gasteiger partial charge in [-0.25, -0.2) is 0 Å². The van der Waals surface area contributed by atoms with E-state index < -0.39 is 0 Å². The van der Waals surface area contributed by atoms with Crippen molar-refractivity contribution in [2.24, 2.45) is 5.92 Å². The summed E-state index contributed by atoms with van der Waals surface area (Å²) in [5, 5.41) is 0.478. The normalized spacial score (nSPS) is 22.2. The van der Waals surface area contributed by atoms with E-state index in [9.17, 15) is 0 Å². The molecule has 17 heavy (non-hydrogen) atoms. The van der Waals surface area contributed by atoms with E-state index in [1.807, 2.05) is 6.07 Å². The first-order valence-corrected chi connectivity index (χ1v) is 6.62. The first kappa shape index (κ1) is 12.9. The summed E-state index contributed by atoms with van der Waals surface area (Å²) in [6, 6.07) is 3.75. The molecule has 96 valence electrons. The van der Waals surface area contributed by atoms with Crippen LogP contribution in [0.25, 0.3) is 0 Å². The van der Waals surface area contributed by atoms with Gasteiger partial charge in [0, 0.05) is 13.1 Å². The molecule has 4 heteroatoms. The Morgan fingerprint density at radius 1 is 1.53 bits per heavy atom. The number of rotatable bonds is 4. The fourth-order valence-corrected chi connectivity index (χ4v) is 2.79. The van der Waals surface area contributed by atoms with Gasteiger partial charge in [0.25, 0.3) is 0 Å². The molecule has 1 aromatic heterocycles. The average Bonchev–Trinajstić information content (AvgIpc) is 2.63. The number of hydrogen-bond acceptors (Lipinski definition) is 3. The summed E-state index contributed by atoms with van der Waals surface area (Å²) in [6.07, 6.45) is 2.66. The third-order valence-corrected chi connectivity index (χ3v) is 3.55. The molecule has 0 spiro atoms. The van der Waals surface area contributed by atoms with Crippen LogP contribution in [0.3, 0.4) is 0 Å². The van der Waals surface area contributed by atoms with Crippen LogP contribution in [0.2, 0.25) is 5.22 Å². The summed E-state index contributed by atoms with van der Waals surface area (Å²) in [4.78, 5) is 4.74. The van der Waals surface area contributed by atoms with Crippen molar-refractivity contribution in [3.05, 3.63) is 23.1 Å². The van der Waals surface area contributed by atoms with E-state index in [0.29, 0.717) is 5.22 Å². The lowest BCUT2D eigenvalue weighted by Gasteiger charge is -2.32. The van der Waals surface area contributed by atoms with Crippen LogP contribution >= 0.6 is 11.6 Å². The van der Waals surface area contributed by atoms with Crippen LogP contribution in [-0.4, -0.2) is 43.5 Å². The summed E-state index contributed by atoms with van der Waals surface area (Å²) in [5.41, 5.74) is 0. The molecule has 0 aliphatic carbocycles. The molecular weight excluding hydrogens is 236 g/mol. The Morgan fingerprint density at radius 2 is 2.35 bits per heavy atom. The maximum absolute atomic E-state index is 5.76. The van der Waals surface area contributed by atoms with Crippen molar-refractivity contribution >= 4 is 11.6 Å². The Morgan fingerprint density at radius 3 is 3.00 bits per heavy atom. The SMILES string of the molecule is CN1CCC[C@H](CN(C)Cc2ccc(Cl)o2)C1. The highest BCUT2D eigenvalue weighted by Crippen LogP contribution is 2.18. The van der Waals surface area contributed by atoms with E-state index in [0.717, 1.165) is 24.8 Å². The molecule has 1 aliphatic heterocycles. The molecule has 1 fully saturated rings. The molecule has 1 aromatic rings. The van der Waals surface area contributed by atoms with Gasteiger partial charge in [-0.15, -0.1) is 0 Å². The lowest BCUT2D eigenvalue weighted by Crippen LogP contribution is -2.37. The molecule has 0 saturated carbocycles. The van der Waals surface area contributed by atoms with Crippen LogP contribution in [0.15, 0.2) is 16.5 Å². The fraction of sp³-hybridized carbons (Fsp3) is 0.692. The molecule has 0 amide bonds. The number of halogens is 1. The lowest BCUT2D eigenvalue weighted by atomic mass is 9.98. The summed E-state index contributed by atoms with van der Waals surface area (Å²) in [5.74, 6) is 1.73. The van der Waals surface area contributed by atoms with Crippen LogP contribution in [0.1, 0.15) is 18.6 Å². The van der Waals surface area contributed by atoms with E-state index >= 15 is 0 Å². The van der Waals surface area contributed by atoms with Gasteiger partial charge in [0.2, 0.25) is 0 Å². The standard InChI is InChI=1S/C13H21ClN2O/c1-15-7-3-4-11(8-15)9-16(2)10-12-5-6-13(14)17-12/h5-6,11H,3-4,7-10H2,1-2H3/t11-/m0/s1. The van der Waals surface area contributed by atoms with E-state index in [-0.39, 0.29) is 0 Å².